The first-order valence-electron chi connectivity index (χ1n) is 8.83. The van der Waals surface area contributed by atoms with Gasteiger partial charge in [-0.2, -0.15) is 0 Å². The van der Waals surface area contributed by atoms with Crippen LogP contribution in [-0.2, 0) is 27.4 Å². The van der Waals surface area contributed by atoms with Crippen LogP contribution in [0.25, 0.3) is 0 Å². The molecule has 2 amide bonds. The highest BCUT2D eigenvalue weighted by molar-refractivity contribution is 5.90. The number of carbonyl (C=O) groups is 3. The van der Waals surface area contributed by atoms with E-state index in [9.17, 15) is 14.4 Å². The van der Waals surface area contributed by atoms with Gasteiger partial charge < -0.3 is 15.0 Å². The first-order valence-corrected chi connectivity index (χ1v) is 8.83. The zero-order valence-corrected chi connectivity index (χ0v) is 15.2. The number of amides is 2. The molecular weight excluding hydrogens is 344 g/mol. The van der Waals surface area contributed by atoms with E-state index < -0.39 is 5.97 Å². The predicted octanol–water partition coefficient (Wildman–Crippen LogP) is 2.14. The summed E-state index contributed by atoms with van der Waals surface area (Å²) >= 11 is 0. The minimum atomic E-state index is -0.395. The number of nitrogens with one attached hydrogen (secondary N) is 1. The van der Waals surface area contributed by atoms with Gasteiger partial charge in [-0.3, -0.25) is 9.59 Å². The van der Waals surface area contributed by atoms with Crippen LogP contribution in [0.4, 0.5) is 0 Å². The molecule has 2 aromatic carbocycles. The fourth-order valence-electron chi connectivity index (χ4n) is 3.11. The Labute approximate surface area is 158 Å². The number of carbonyl (C=O) groups excluding carboxylic acids is 3. The summed E-state index contributed by atoms with van der Waals surface area (Å²) in [6.07, 6.45) is 0.236. The summed E-state index contributed by atoms with van der Waals surface area (Å²) in [6.45, 7) is 1.31. The van der Waals surface area contributed by atoms with E-state index in [0.717, 1.165) is 11.1 Å². The first kappa shape index (κ1) is 18.6. The van der Waals surface area contributed by atoms with Gasteiger partial charge in [-0.05, 0) is 23.3 Å². The molecule has 0 saturated carbocycles. The van der Waals surface area contributed by atoms with Gasteiger partial charge in [0.2, 0.25) is 11.8 Å². The highest BCUT2D eigenvalue weighted by Gasteiger charge is 2.34. The molecule has 0 bridgehead atoms. The van der Waals surface area contributed by atoms with Crippen LogP contribution in [0.15, 0.2) is 54.6 Å². The summed E-state index contributed by atoms with van der Waals surface area (Å²) in [4.78, 5) is 37.8. The van der Waals surface area contributed by atoms with Crippen molar-refractivity contribution in [1.82, 2.24) is 10.2 Å². The van der Waals surface area contributed by atoms with Gasteiger partial charge in [-0.25, -0.2) is 4.79 Å². The van der Waals surface area contributed by atoms with E-state index in [1.54, 1.807) is 29.2 Å². The molecule has 0 aliphatic carbocycles. The van der Waals surface area contributed by atoms with E-state index in [1.807, 2.05) is 30.3 Å². The van der Waals surface area contributed by atoms with E-state index in [-0.39, 0.29) is 24.2 Å². The maximum atomic E-state index is 12.4. The molecule has 27 heavy (non-hydrogen) atoms. The maximum absolute atomic E-state index is 12.4. The van der Waals surface area contributed by atoms with E-state index in [1.165, 1.54) is 7.11 Å². The highest BCUT2D eigenvalue weighted by atomic mass is 16.5. The minimum Gasteiger partial charge on any atom is -0.465 e. The van der Waals surface area contributed by atoms with Gasteiger partial charge in [0.15, 0.2) is 0 Å². The molecule has 2 aromatic rings. The van der Waals surface area contributed by atoms with Crippen molar-refractivity contribution in [3.8, 4) is 0 Å². The first-order chi connectivity index (χ1) is 13.1. The van der Waals surface area contributed by atoms with Gasteiger partial charge in [0.1, 0.15) is 0 Å². The molecule has 1 aliphatic heterocycles. The third kappa shape index (κ3) is 4.73. The molecule has 140 valence electrons. The molecule has 6 heteroatoms. The number of methoxy groups -OCH3 is 1. The molecule has 0 aromatic heterocycles. The average molecular weight is 366 g/mol. The van der Waals surface area contributed by atoms with Crippen molar-refractivity contribution < 1.29 is 19.1 Å². The Morgan fingerprint density at radius 2 is 1.78 bits per heavy atom. The lowest BCUT2D eigenvalue weighted by Gasteiger charge is -2.16. The quantitative estimate of drug-likeness (QED) is 0.795. The van der Waals surface area contributed by atoms with Crippen LogP contribution >= 0.6 is 0 Å². The summed E-state index contributed by atoms with van der Waals surface area (Å²) in [5.41, 5.74) is 2.39. The number of hydrogen-bond acceptors (Lipinski definition) is 4. The third-order valence-corrected chi connectivity index (χ3v) is 4.64. The molecule has 6 nitrogen and oxygen atoms in total. The number of ether oxygens (including phenoxy) is 1. The van der Waals surface area contributed by atoms with Crippen LogP contribution in [0.1, 0.15) is 27.9 Å². The van der Waals surface area contributed by atoms with Crippen LogP contribution in [-0.4, -0.2) is 36.3 Å². The zero-order valence-electron chi connectivity index (χ0n) is 15.2. The fraction of sp³-hybridized carbons (Fsp3) is 0.286. The molecule has 1 heterocycles. The van der Waals surface area contributed by atoms with Crippen molar-refractivity contribution in [3.63, 3.8) is 0 Å². The highest BCUT2D eigenvalue weighted by Crippen LogP contribution is 2.20. The van der Waals surface area contributed by atoms with Crippen molar-refractivity contribution >= 4 is 17.8 Å². The van der Waals surface area contributed by atoms with Crippen molar-refractivity contribution in [2.45, 2.75) is 19.5 Å². The lowest BCUT2D eigenvalue weighted by molar-refractivity contribution is -0.129. The second-order valence-electron chi connectivity index (χ2n) is 6.57. The number of likely N-dealkylation sites (tertiary alicyclic amines) is 1. The monoisotopic (exact) mass is 366 g/mol. The molecule has 0 spiro atoms. The minimum absolute atomic E-state index is 0.00133. The number of benzene rings is 2. The Morgan fingerprint density at radius 1 is 1.07 bits per heavy atom. The number of nitrogens with zero attached hydrogens (tertiary/aromatic N) is 1. The second-order valence-corrected chi connectivity index (χ2v) is 6.57. The van der Waals surface area contributed by atoms with Crippen LogP contribution in [0.3, 0.4) is 0 Å². The molecule has 1 aliphatic rings. The molecule has 1 unspecified atom stereocenters. The molecular formula is C21H22N2O4. The van der Waals surface area contributed by atoms with Crippen molar-refractivity contribution in [2.24, 2.45) is 5.92 Å². The van der Waals surface area contributed by atoms with Gasteiger partial charge in [-0.15, -0.1) is 0 Å². The Kier molecular flexibility index (Phi) is 5.86. The molecule has 3 rings (SSSR count). The van der Waals surface area contributed by atoms with Crippen molar-refractivity contribution in [3.05, 3.63) is 71.3 Å². The zero-order chi connectivity index (χ0) is 19.2. The lowest BCUT2D eigenvalue weighted by atomic mass is 10.1. The Balaban J connectivity index is 1.51. The smallest absolute Gasteiger partial charge is 0.337 e. The normalized spacial score (nSPS) is 16.3. The summed E-state index contributed by atoms with van der Waals surface area (Å²) < 4.78 is 4.66. The molecule has 1 N–H and O–H groups in total. The SMILES string of the molecule is COC(=O)c1ccc(CNC(=O)C2CC(=O)N(Cc3ccccc3)C2)cc1. The van der Waals surface area contributed by atoms with Gasteiger partial charge in [0, 0.05) is 26.1 Å². The summed E-state index contributed by atoms with van der Waals surface area (Å²) in [6, 6.07) is 16.6. The Hall–Kier alpha value is -3.15. The molecule has 1 saturated heterocycles. The third-order valence-electron chi connectivity index (χ3n) is 4.64. The standard InChI is InChI=1S/C21H22N2O4/c1-27-21(26)17-9-7-15(8-10-17)12-22-20(25)18-11-19(24)23(14-18)13-16-5-3-2-4-6-16/h2-10,18H,11-14H2,1H3,(H,22,25). The van der Waals surface area contributed by atoms with E-state index in [2.05, 4.69) is 10.1 Å². The van der Waals surface area contributed by atoms with Crippen molar-refractivity contribution in [1.29, 1.82) is 0 Å². The summed E-state index contributed by atoms with van der Waals surface area (Å²) in [5, 5.41) is 2.87. The lowest BCUT2D eigenvalue weighted by Crippen LogP contribution is -2.32. The van der Waals surface area contributed by atoms with Gasteiger partial charge in [0.25, 0.3) is 0 Å². The number of esters is 1. The molecule has 0 radical (unpaired) electrons. The van der Waals surface area contributed by atoms with Gasteiger partial charge in [-0.1, -0.05) is 42.5 Å². The van der Waals surface area contributed by atoms with Crippen LogP contribution in [0.5, 0.6) is 0 Å². The maximum Gasteiger partial charge on any atom is 0.337 e. The Morgan fingerprint density at radius 3 is 2.44 bits per heavy atom. The second kappa shape index (κ2) is 8.49. The van der Waals surface area contributed by atoms with Crippen LogP contribution < -0.4 is 5.32 Å². The van der Waals surface area contributed by atoms with Gasteiger partial charge >= 0.3 is 5.97 Å². The fourth-order valence-corrected chi connectivity index (χ4v) is 3.11. The van der Waals surface area contributed by atoms with E-state index in [4.69, 9.17) is 0 Å². The van der Waals surface area contributed by atoms with E-state index >= 15 is 0 Å². The average Bonchev–Trinajstić information content (AvgIpc) is 3.07. The molecule has 1 fully saturated rings. The van der Waals surface area contributed by atoms with Crippen LogP contribution in [0, 0.1) is 5.92 Å². The Bertz CT molecular complexity index is 818. The topological polar surface area (TPSA) is 75.7 Å². The molecule has 1 atom stereocenters. The predicted molar refractivity (Wildman–Crippen MR) is 99.6 cm³/mol. The number of hydrogen-bond donors (Lipinski definition) is 1. The largest absolute Gasteiger partial charge is 0.465 e. The number of rotatable bonds is 6. The van der Waals surface area contributed by atoms with E-state index in [0.29, 0.717) is 25.2 Å². The summed E-state index contributed by atoms with van der Waals surface area (Å²) in [7, 11) is 1.33. The van der Waals surface area contributed by atoms with Crippen molar-refractivity contribution in [2.75, 3.05) is 13.7 Å². The van der Waals surface area contributed by atoms with Crippen LogP contribution in [0.2, 0.25) is 0 Å². The van der Waals surface area contributed by atoms with Gasteiger partial charge in [0.05, 0.1) is 18.6 Å². The summed E-state index contributed by atoms with van der Waals surface area (Å²) in [5.74, 6) is -0.860.